The third-order valence-electron chi connectivity index (χ3n) is 2.88. The second-order valence-electron chi connectivity index (χ2n) is 4.09. The average Bonchev–Trinajstić information content (AvgIpc) is 2.32. The standard InChI is InChI=1S/C13H16ClNO/c14-12-8-4-5-10(13(12)16)9-15-11-6-2-1-3-7-11/h2,4-6,8,11,15-16H,1,3,7,9H2. The minimum absolute atomic E-state index is 0.191. The molecule has 1 aromatic rings. The number of hydrogen-bond acceptors (Lipinski definition) is 2. The van der Waals surface area contributed by atoms with Gasteiger partial charge in [-0.2, -0.15) is 0 Å². The molecule has 1 unspecified atom stereocenters. The van der Waals surface area contributed by atoms with Crippen LogP contribution in [0.3, 0.4) is 0 Å². The lowest BCUT2D eigenvalue weighted by Gasteiger charge is -2.18. The number of nitrogens with one attached hydrogen (secondary N) is 1. The largest absolute Gasteiger partial charge is 0.506 e. The molecule has 0 saturated heterocycles. The molecule has 0 aromatic heterocycles. The summed E-state index contributed by atoms with van der Waals surface area (Å²) in [6.07, 6.45) is 7.98. The summed E-state index contributed by atoms with van der Waals surface area (Å²) in [6, 6.07) is 5.87. The van der Waals surface area contributed by atoms with E-state index in [2.05, 4.69) is 17.5 Å². The molecule has 1 atom stereocenters. The molecule has 2 nitrogen and oxygen atoms in total. The predicted molar refractivity (Wildman–Crippen MR) is 66.7 cm³/mol. The second kappa shape index (κ2) is 5.37. The maximum Gasteiger partial charge on any atom is 0.138 e. The van der Waals surface area contributed by atoms with Crippen LogP contribution >= 0.6 is 11.6 Å². The molecule has 0 radical (unpaired) electrons. The average molecular weight is 238 g/mol. The van der Waals surface area contributed by atoms with Gasteiger partial charge in [-0.15, -0.1) is 0 Å². The first-order chi connectivity index (χ1) is 7.77. The molecule has 2 rings (SSSR count). The number of para-hydroxylation sites is 1. The SMILES string of the molecule is Oc1c(Cl)cccc1CNC1C=CCCC1. The Balaban J connectivity index is 1.96. The van der Waals surface area contributed by atoms with Gasteiger partial charge < -0.3 is 10.4 Å². The van der Waals surface area contributed by atoms with Gasteiger partial charge in [0.05, 0.1) is 5.02 Å². The van der Waals surface area contributed by atoms with E-state index in [1.54, 1.807) is 6.07 Å². The minimum atomic E-state index is 0.191. The van der Waals surface area contributed by atoms with Crippen LogP contribution in [0.4, 0.5) is 0 Å². The first-order valence-electron chi connectivity index (χ1n) is 5.64. The van der Waals surface area contributed by atoms with Crippen molar-refractivity contribution in [2.75, 3.05) is 0 Å². The number of benzene rings is 1. The van der Waals surface area contributed by atoms with E-state index in [0.717, 1.165) is 12.0 Å². The molecule has 0 heterocycles. The highest BCUT2D eigenvalue weighted by atomic mass is 35.5. The van der Waals surface area contributed by atoms with Crippen molar-refractivity contribution in [2.45, 2.75) is 31.8 Å². The normalized spacial score (nSPS) is 19.9. The zero-order valence-electron chi connectivity index (χ0n) is 9.12. The summed E-state index contributed by atoms with van der Waals surface area (Å²) in [5, 5.41) is 13.6. The van der Waals surface area contributed by atoms with Crippen LogP contribution in [0.2, 0.25) is 5.02 Å². The monoisotopic (exact) mass is 237 g/mol. The van der Waals surface area contributed by atoms with Crippen molar-refractivity contribution in [2.24, 2.45) is 0 Å². The van der Waals surface area contributed by atoms with Crippen LogP contribution < -0.4 is 5.32 Å². The first-order valence-corrected chi connectivity index (χ1v) is 6.01. The van der Waals surface area contributed by atoms with Crippen LogP contribution in [-0.4, -0.2) is 11.1 Å². The Bertz CT molecular complexity index is 390. The molecule has 0 amide bonds. The highest BCUT2D eigenvalue weighted by Gasteiger charge is 2.09. The van der Waals surface area contributed by atoms with Gasteiger partial charge in [-0.25, -0.2) is 0 Å². The lowest BCUT2D eigenvalue weighted by molar-refractivity contribution is 0.457. The van der Waals surface area contributed by atoms with Crippen LogP contribution in [0.1, 0.15) is 24.8 Å². The summed E-state index contributed by atoms with van der Waals surface area (Å²) in [5.74, 6) is 0.191. The van der Waals surface area contributed by atoms with Gasteiger partial charge in [0, 0.05) is 18.2 Å². The van der Waals surface area contributed by atoms with Gasteiger partial charge in [-0.1, -0.05) is 35.9 Å². The van der Waals surface area contributed by atoms with E-state index in [4.69, 9.17) is 11.6 Å². The van der Waals surface area contributed by atoms with Gasteiger partial charge >= 0.3 is 0 Å². The van der Waals surface area contributed by atoms with E-state index >= 15 is 0 Å². The van der Waals surface area contributed by atoms with Gasteiger partial charge in [-0.05, 0) is 25.3 Å². The third kappa shape index (κ3) is 2.77. The molecule has 3 heteroatoms. The smallest absolute Gasteiger partial charge is 0.138 e. The van der Waals surface area contributed by atoms with Crippen molar-refractivity contribution < 1.29 is 5.11 Å². The van der Waals surface area contributed by atoms with E-state index in [1.165, 1.54) is 12.8 Å². The number of allylic oxidation sites excluding steroid dienone is 1. The molecule has 0 aliphatic heterocycles. The Kier molecular flexibility index (Phi) is 3.86. The number of aromatic hydroxyl groups is 1. The number of phenols is 1. The van der Waals surface area contributed by atoms with E-state index in [9.17, 15) is 5.11 Å². The van der Waals surface area contributed by atoms with Crippen LogP contribution in [0.5, 0.6) is 5.75 Å². The summed E-state index contributed by atoms with van der Waals surface area (Å²) >= 11 is 5.84. The fourth-order valence-electron chi connectivity index (χ4n) is 1.93. The summed E-state index contributed by atoms with van der Waals surface area (Å²) < 4.78 is 0. The molecule has 0 bridgehead atoms. The number of phenolic OH excluding ortho intramolecular Hbond substituents is 1. The highest BCUT2D eigenvalue weighted by molar-refractivity contribution is 6.32. The van der Waals surface area contributed by atoms with Gasteiger partial charge in [-0.3, -0.25) is 0 Å². The van der Waals surface area contributed by atoms with Crippen LogP contribution in [-0.2, 0) is 6.54 Å². The molecular formula is C13H16ClNO. The molecule has 0 saturated carbocycles. The van der Waals surface area contributed by atoms with Crippen molar-refractivity contribution >= 4 is 11.6 Å². The number of halogens is 1. The zero-order chi connectivity index (χ0) is 11.4. The molecule has 16 heavy (non-hydrogen) atoms. The Labute approximate surface area is 101 Å². The zero-order valence-corrected chi connectivity index (χ0v) is 9.87. The summed E-state index contributed by atoms with van der Waals surface area (Å²) in [5.41, 5.74) is 0.853. The number of hydrogen-bond donors (Lipinski definition) is 2. The fraction of sp³-hybridized carbons (Fsp3) is 0.385. The van der Waals surface area contributed by atoms with E-state index in [0.29, 0.717) is 17.6 Å². The van der Waals surface area contributed by atoms with E-state index < -0.39 is 0 Å². The van der Waals surface area contributed by atoms with Crippen LogP contribution in [0.25, 0.3) is 0 Å². The van der Waals surface area contributed by atoms with Gasteiger partial charge in [0.25, 0.3) is 0 Å². The highest BCUT2D eigenvalue weighted by Crippen LogP contribution is 2.26. The van der Waals surface area contributed by atoms with Crippen molar-refractivity contribution in [3.63, 3.8) is 0 Å². The van der Waals surface area contributed by atoms with E-state index in [1.807, 2.05) is 12.1 Å². The van der Waals surface area contributed by atoms with Crippen molar-refractivity contribution in [3.8, 4) is 5.75 Å². The summed E-state index contributed by atoms with van der Waals surface area (Å²) in [7, 11) is 0. The molecule has 1 aromatic carbocycles. The van der Waals surface area contributed by atoms with Gasteiger partial charge in [0.2, 0.25) is 0 Å². The summed E-state index contributed by atoms with van der Waals surface area (Å²) in [4.78, 5) is 0. The molecule has 0 spiro atoms. The maximum absolute atomic E-state index is 9.74. The topological polar surface area (TPSA) is 32.3 Å². The predicted octanol–water partition coefficient (Wildman–Crippen LogP) is 3.24. The number of rotatable bonds is 3. The minimum Gasteiger partial charge on any atom is -0.506 e. The Morgan fingerprint density at radius 2 is 2.31 bits per heavy atom. The van der Waals surface area contributed by atoms with Gasteiger partial charge in [0.15, 0.2) is 0 Å². The Morgan fingerprint density at radius 3 is 3.06 bits per heavy atom. The summed E-state index contributed by atoms with van der Waals surface area (Å²) in [6.45, 7) is 0.654. The molecular weight excluding hydrogens is 222 g/mol. The third-order valence-corrected chi connectivity index (χ3v) is 3.18. The molecule has 1 aliphatic rings. The van der Waals surface area contributed by atoms with Crippen molar-refractivity contribution in [1.82, 2.24) is 5.32 Å². The Morgan fingerprint density at radius 1 is 1.44 bits per heavy atom. The van der Waals surface area contributed by atoms with E-state index in [-0.39, 0.29) is 5.75 Å². The van der Waals surface area contributed by atoms with Crippen LogP contribution in [0.15, 0.2) is 30.4 Å². The first kappa shape index (κ1) is 11.5. The fourth-order valence-corrected chi connectivity index (χ4v) is 2.12. The van der Waals surface area contributed by atoms with Crippen LogP contribution in [0, 0.1) is 0 Å². The molecule has 1 aliphatic carbocycles. The quantitative estimate of drug-likeness (QED) is 0.791. The maximum atomic E-state index is 9.74. The molecule has 0 fully saturated rings. The van der Waals surface area contributed by atoms with Gasteiger partial charge in [0.1, 0.15) is 5.75 Å². The second-order valence-corrected chi connectivity index (χ2v) is 4.50. The lowest BCUT2D eigenvalue weighted by atomic mass is 10.0. The molecule has 2 N–H and O–H groups in total. The lowest BCUT2D eigenvalue weighted by Crippen LogP contribution is -2.27. The van der Waals surface area contributed by atoms with Crippen molar-refractivity contribution in [1.29, 1.82) is 0 Å². The van der Waals surface area contributed by atoms with Crippen molar-refractivity contribution in [3.05, 3.63) is 40.9 Å². The Hall–Kier alpha value is -0.990. The molecule has 86 valence electrons.